The number of pyridine rings is 1. The van der Waals surface area contributed by atoms with Crippen LogP contribution in [0.3, 0.4) is 0 Å². The van der Waals surface area contributed by atoms with E-state index in [1.165, 1.54) is 11.1 Å². The number of hydrogen-bond acceptors (Lipinski definition) is 4. The van der Waals surface area contributed by atoms with E-state index in [2.05, 4.69) is 103 Å². The van der Waals surface area contributed by atoms with Crippen molar-refractivity contribution in [3.63, 3.8) is 0 Å². The minimum atomic E-state index is 0.303. The molecule has 4 aromatic heterocycles. The summed E-state index contributed by atoms with van der Waals surface area (Å²) in [6.07, 6.45) is 4.18. The van der Waals surface area contributed by atoms with Crippen molar-refractivity contribution in [2.75, 3.05) is 0 Å². The number of rotatable bonds is 6. The van der Waals surface area contributed by atoms with Crippen molar-refractivity contribution in [2.45, 2.75) is 53.0 Å². The molecule has 0 aliphatic heterocycles. The maximum Gasteiger partial charge on any atom is 0.181 e. The fourth-order valence-electron chi connectivity index (χ4n) is 5.56. The lowest BCUT2D eigenvalue weighted by Crippen LogP contribution is -2.06. The smallest absolute Gasteiger partial charge is 0.181 e. The molecule has 0 aliphatic carbocycles. The summed E-state index contributed by atoms with van der Waals surface area (Å²) in [6.45, 7) is 11.7. The molecule has 0 amide bonds. The molecule has 1 unspecified atom stereocenters. The van der Waals surface area contributed by atoms with Gasteiger partial charge in [0.15, 0.2) is 5.65 Å². The molecular weight excluding hydrogens is 470 g/mol. The second kappa shape index (κ2) is 9.24. The van der Waals surface area contributed by atoms with Crippen molar-refractivity contribution in [3.8, 4) is 16.9 Å². The van der Waals surface area contributed by atoms with Gasteiger partial charge in [-0.1, -0.05) is 63.2 Å². The van der Waals surface area contributed by atoms with E-state index in [1.807, 2.05) is 20.2 Å². The van der Waals surface area contributed by atoms with Crippen molar-refractivity contribution < 1.29 is 0 Å². The van der Waals surface area contributed by atoms with Crippen LogP contribution in [0.2, 0.25) is 0 Å². The highest BCUT2D eigenvalue weighted by molar-refractivity contribution is 5.94. The van der Waals surface area contributed by atoms with Crippen molar-refractivity contribution >= 4 is 21.9 Å². The summed E-state index contributed by atoms with van der Waals surface area (Å²) in [5, 5.41) is 16.8. The Hall–Kier alpha value is -4.26. The summed E-state index contributed by atoms with van der Waals surface area (Å²) >= 11 is 0. The second-order valence-electron chi connectivity index (χ2n) is 10.6. The molecule has 7 nitrogen and oxygen atoms in total. The Labute approximate surface area is 222 Å². The van der Waals surface area contributed by atoms with Crippen molar-refractivity contribution in [3.05, 3.63) is 89.5 Å². The standard InChI is InChI=1S/C31H33N7/c1-19(2)29-22(5)38(28-15-24-17-36(6)35-31(24)32-21(28)4)34-30(29)25-13-10-14-27-26(25)18-37(33-27)16-20(3)23-11-8-7-9-12-23/h7-15,17-20H,16H2,1-6H3. The summed E-state index contributed by atoms with van der Waals surface area (Å²) in [5.74, 6) is 0.664. The number of hydrogen-bond donors (Lipinski definition) is 0. The Balaban J connectivity index is 1.46. The van der Waals surface area contributed by atoms with Gasteiger partial charge in [0.05, 0.1) is 22.6 Å². The molecule has 192 valence electrons. The van der Waals surface area contributed by atoms with E-state index in [-0.39, 0.29) is 0 Å². The topological polar surface area (TPSA) is 66.3 Å². The van der Waals surface area contributed by atoms with Crippen LogP contribution < -0.4 is 0 Å². The maximum atomic E-state index is 5.23. The molecular formula is C31H33N7. The molecule has 1 atom stereocenters. The largest absolute Gasteiger partial charge is 0.273 e. The monoisotopic (exact) mass is 503 g/mol. The van der Waals surface area contributed by atoms with E-state index in [0.29, 0.717) is 11.8 Å². The van der Waals surface area contributed by atoms with Crippen molar-refractivity contribution in [2.24, 2.45) is 7.05 Å². The minimum absolute atomic E-state index is 0.303. The number of benzene rings is 2. The highest BCUT2D eigenvalue weighted by atomic mass is 15.3. The molecule has 4 heterocycles. The summed E-state index contributed by atoms with van der Waals surface area (Å²) in [4.78, 5) is 4.77. The van der Waals surface area contributed by atoms with Crippen LogP contribution in [-0.4, -0.2) is 34.3 Å². The first-order valence-electron chi connectivity index (χ1n) is 13.2. The van der Waals surface area contributed by atoms with E-state index in [4.69, 9.17) is 15.2 Å². The summed E-state index contributed by atoms with van der Waals surface area (Å²) < 4.78 is 5.94. The summed E-state index contributed by atoms with van der Waals surface area (Å²) in [7, 11) is 1.92. The molecule has 0 saturated heterocycles. The summed E-state index contributed by atoms with van der Waals surface area (Å²) in [6, 6.07) is 19.1. The molecule has 6 rings (SSSR count). The third-order valence-corrected chi connectivity index (χ3v) is 7.42. The van der Waals surface area contributed by atoms with Gasteiger partial charge in [0, 0.05) is 59.5 Å². The quantitative estimate of drug-likeness (QED) is 0.253. The minimum Gasteiger partial charge on any atom is -0.273 e. The zero-order chi connectivity index (χ0) is 26.6. The molecule has 7 heteroatoms. The van der Waals surface area contributed by atoms with Crippen LogP contribution in [0.25, 0.3) is 38.9 Å². The Kier molecular flexibility index (Phi) is 5.86. The first-order chi connectivity index (χ1) is 18.3. The van der Waals surface area contributed by atoms with E-state index < -0.39 is 0 Å². The van der Waals surface area contributed by atoms with Crippen LogP contribution >= 0.6 is 0 Å². The SMILES string of the molecule is Cc1nc2nn(C)cc2cc1-n1nc(-c2cccc3nn(CC(C)c4ccccc4)cc23)c(C(C)C)c1C. The van der Waals surface area contributed by atoms with E-state index in [0.717, 1.165) is 56.8 Å². The molecule has 0 N–H and O–H groups in total. The predicted octanol–water partition coefficient (Wildman–Crippen LogP) is 6.71. The maximum absolute atomic E-state index is 5.23. The Morgan fingerprint density at radius 3 is 2.42 bits per heavy atom. The highest BCUT2D eigenvalue weighted by Crippen LogP contribution is 2.37. The van der Waals surface area contributed by atoms with E-state index in [9.17, 15) is 0 Å². The van der Waals surface area contributed by atoms with Gasteiger partial charge in [-0.25, -0.2) is 9.67 Å². The Morgan fingerprint density at radius 1 is 0.868 bits per heavy atom. The molecule has 38 heavy (non-hydrogen) atoms. The van der Waals surface area contributed by atoms with Crippen molar-refractivity contribution in [1.29, 1.82) is 0 Å². The van der Waals surface area contributed by atoms with Gasteiger partial charge in [0.25, 0.3) is 0 Å². The van der Waals surface area contributed by atoms with Crippen LogP contribution in [0.4, 0.5) is 0 Å². The first kappa shape index (κ1) is 24.1. The van der Waals surface area contributed by atoms with Crippen LogP contribution in [0.15, 0.2) is 67.0 Å². The Morgan fingerprint density at radius 2 is 1.66 bits per heavy atom. The molecule has 0 radical (unpaired) electrons. The molecule has 0 fully saturated rings. The van der Waals surface area contributed by atoms with Gasteiger partial charge in [-0.2, -0.15) is 15.3 Å². The normalized spacial score (nSPS) is 12.7. The molecule has 0 bridgehead atoms. The first-order valence-corrected chi connectivity index (χ1v) is 13.2. The third-order valence-electron chi connectivity index (χ3n) is 7.42. The van der Waals surface area contributed by atoms with Crippen LogP contribution in [0, 0.1) is 13.8 Å². The fourth-order valence-corrected chi connectivity index (χ4v) is 5.56. The van der Waals surface area contributed by atoms with Gasteiger partial charge in [-0.15, -0.1) is 0 Å². The average Bonchev–Trinajstić information content (AvgIpc) is 3.57. The van der Waals surface area contributed by atoms with Crippen LogP contribution in [-0.2, 0) is 13.6 Å². The van der Waals surface area contributed by atoms with Gasteiger partial charge >= 0.3 is 0 Å². The molecule has 0 saturated carbocycles. The molecule has 2 aromatic carbocycles. The van der Waals surface area contributed by atoms with Crippen LogP contribution in [0.1, 0.15) is 55.1 Å². The Bertz CT molecular complexity index is 1770. The number of nitrogens with zero attached hydrogens (tertiary/aromatic N) is 7. The number of fused-ring (bicyclic) bond motifs is 2. The van der Waals surface area contributed by atoms with Gasteiger partial charge in [0.1, 0.15) is 0 Å². The van der Waals surface area contributed by atoms with Gasteiger partial charge < -0.3 is 0 Å². The lowest BCUT2D eigenvalue weighted by atomic mass is 9.95. The van der Waals surface area contributed by atoms with E-state index >= 15 is 0 Å². The number of aromatic nitrogens is 7. The van der Waals surface area contributed by atoms with Gasteiger partial charge in [0.2, 0.25) is 0 Å². The lowest BCUT2D eigenvalue weighted by molar-refractivity contribution is 0.547. The average molecular weight is 504 g/mol. The van der Waals surface area contributed by atoms with Gasteiger partial charge in [-0.3, -0.25) is 9.36 Å². The highest BCUT2D eigenvalue weighted by Gasteiger charge is 2.23. The zero-order valence-corrected chi connectivity index (χ0v) is 22.8. The van der Waals surface area contributed by atoms with Crippen LogP contribution in [0.5, 0.6) is 0 Å². The second-order valence-corrected chi connectivity index (χ2v) is 10.6. The van der Waals surface area contributed by atoms with Gasteiger partial charge in [-0.05, 0) is 37.5 Å². The third kappa shape index (κ3) is 4.08. The molecule has 0 aliphatic rings. The zero-order valence-electron chi connectivity index (χ0n) is 22.8. The van der Waals surface area contributed by atoms with Crippen molar-refractivity contribution in [1.82, 2.24) is 34.3 Å². The fraction of sp³-hybridized carbons (Fsp3) is 0.290. The number of aryl methyl sites for hydroxylation is 2. The summed E-state index contributed by atoms with van der Waals surface area (Å²) in [5.41, 5.74) is 9.44. The molecule has 6 aromatic rings. The predicted molar refractivity (Wildman–Crippen MR) is 153 cm³/mol. The molecule has 0 spiro atoms. The lowest BCUT2D eigenvalue weighted by Gasteiger charge is -2.11. The van der Waals surface area contributed by atoms with E-state index in [1.54, 1.807) is 4.68 Å².